The summed E-state index contributed by atoms with van der Waals surface area (Å²) < 4.78 is 72.7. The number of rotatable bonds is 4. The lowest BCUT2D eigenvalue weighted by molar-refractivity contribution is -0.382. The average Bonchev–Trinajstić information content (AvgIpc) is 0.674. The molecule has 34 atom stereocenters. The summed E-state index contributed by atoms with van der Waals surface area (Å²) in [6.07, 6.45) is -41.4. The molecule has 12 bridgehead atoms. The van der Waals surface area contributed by atoms with Gasteiger partial charge in [-0.25, -0.2) is 0 Å². The Morgan fingerprint density at radius 3 is 1.85 bits per heavy atom. The Kier molecular flexibility index (Phi) is 20.8. The van der Waals surface area contributed by atoms with Crippen molar-refractivity contribution >= 4 is 17.9 Å². The molecule has 14 aliphatic rings. The fourth-order valence-corrected chi connectivity index (χ4v) is 19.0. The quantitative estimate of drug-likeness (QED) is 0.0580. The summed E-state index contributed by atoms with van der Waals surface area (Å²) in [6, 6.07) is 0. The van der Waals surface area contributed by atoms with Crippen molar-refractivity contribution in [1.82, 2.24) is 0 Å². The summed E-state index contributed by atoms with van der Waals surface area (Å²) in [5.74, 6) is -3.66. The highest BCUT2D eigenvalue weighted by Crippen LogP contribution is 2.76. The number of ether oxygens (including phenoxy) is 12. The summed E-state index contributed by atoms with van der Waals surface area (Å²) in [4.78, 5) is 43.2. The first kappa shape index (κ1) is 73.4. The van der Waals surface area contributed by atoms with E-state index in [0.717, 1.165) is 18.9 Å². The molecule has 1 spiro atoms. The molecule has 30 nitrogen and oxygen atoms in total. The van der Waals surface area contributed by atoms with Crippen LogP contribution in [0.15, 0.2) is 11.6 Å². The number of hydrogen-bond donors (Lipinski definition) is 15. The van der Waals surface area contributed by atoms with Crippen molar-refractivity contribution in [3.8, 4) is 0 Å². The second-order valence-electron chi connectivity index (χ2n) is 31.6. The number of esters is 3. The number of hydrogen-bond acceptors (Lipinski definition) is 30. The Bertz CT molecular complexity index is 2790. The van der Waals surface area contributed by atoms with Gasteiger partial charge in [-0.3, -0.25) is 14.4 Å². The maximum absolute atomic E-state index is 15.6. The third kappa shape index (κ3) is 12.9. The highest BCUT2D eigenvalue weighted by Gasteiger charge is 2.71. The normalized spacial score (nSPS) is 53.8. The molecule has 0 aromatic heterocycles. The largest absolute Gasteiger partial charge is 0.463 e. The van der Waals surface area contributed by atoms with Gasteiger partial charge in [0.15, 0.2) is 37.4 Å². The molecule has 95 heavy (non-hydrogen) atoms. The van der Waals surface area contributed by atoms with Gasteiger partial charge in [0, 0.05) is 0 Å². The third-order valence-electron chi connectivity index (χ3n) is 24.6. The molecule has 0 aromatic rings. The Labute approximate surface area is 550 Å². The van der Waals surface area contributed by atoms with Crippen LogP contribution >= 0.6 is 0 Å². The molecule has 15 N–H and O–H groups in total. The molecule has 0 radical (unpaired) electrons. The van der Waals surface area contributed by atoms with Crippen molar-refractivity contribution in [3.63, 3.8) is 0 Å². The van der Waals surface area contributed by atoms with Gasteiger partial charge in [-0.05, 0) is 116 Å². The molecule has 11 fully saturated rings. The molecule has 30 heteroatoms. The second-order valence-corrected chi connectivity index (χ2v) is 31.6. The highest BCUT2D eigenvalue weighted by atomic mass is 16.8. The van der Waals surface area contributed by atoms with Crippen molar-refractivity contribution in [3.05, 3.63) is 11.6 Å². The number of carbonyl (C=O) groups excluding carboxylic acids is 3. The minimum Gasteiger partial charge on any atom is -0.463 e. The van der Waals surface area contributed by atoms with Gasteiger partial charge in [-0.2, -0.15) is 0 Å². The van der Waals surface area contributed by atoms with Crippen LogP contribution in [0.25, 0.3) is 0 Å². The zero-order valence-corrected chi connectivity index (χ0v) is 55.3. The molecule has 34 unspecified atom stereocenters. The first-order valence-corrected chi connectivity index (χ1v) is 33.6. The Morgan fingerprint density at radius 2 is 1.17 bits per heavy atom. The van der Waals surface area contributed by atoms with E-state index in [1.807, 2.05) is 13.8 Å². The first-order chi connectivity index (χ1) is 44.4. The van der Waals surface area contributed by atoms with E-state index in [9.17, 15) is 86.2 Å². The summed E-state index contributed by atoms with van der Waals surface area (Å²) in [6.45, 7) is 14.4. The predicted octanol–water partition coefficient (Wildman–Crippen LogP) is -2.93. The van der Waals surface area contributed by atoms with E-state index < -0.39 is 249 Å². The van der Waals surface area contributed by atoms with E-state index in [-0.39, 0.29) is 29.6 Å². The number of aliphatic hydroxyl groups excluding tert-OH is 14. The maximum atomic E-state index is 15.6. The van der Waals surface area contributed by atoms with Crippen molar-refractivity contribution in [1.29, 1.82) is 0 Å². The topological polar surface area (TPSA) is 465 Å². The monoisotopic (exact) mass is 1360 g/mol. The summed E-state index contributed by atoms with van der Waals surface area (Å²) in [7, 11) is 0. The van der Waals surface area contributed by atoms with Gasteiger partial charge in [0.05, 0.1) is 62.0 Å². The van der Waals surface area contributed by atoms with Crippen LogP contribution in [-0.4, -0.2) is 286 Å². The fourth-order valence-electron chi connectivity index (χ4n) is 19.0. The molecule has 5 aliphatic carbocycles. The fraction of sp³-hybridized carbons (Fsp3) is 0.923. The molecular formula is C65H102O30. The summed E-state index contributed by atoms with van der Waals surface area (Å²) in [5, 5.41) is 169. The maximum Gasteiger partial charge on any atom is 0.315 e. The number of allylic oxidation sites excluding steroid dienone is 2. The Morgan fingerprint density at radius 1 is 0.547 bits per heavy atom. The van der Waals surface area contributed by atoms with Crippen LogP contribution in [0.1, 0.15) is 133 Å². The van der Waals surface area contributed by atoms with Gasteiger partial charge in [-0.15, -0.1) is 0 Å². The smallest absolute Gasteiger partial charge is 0.315 e. The van der Waals surface area contributed by atoms with Gasteiger partial charge < -0.3 is 133 Å². The van der Waals surface area contributed by atoms with E-state index in [0.29, 0.717) is 44.9 Å². The Hall–Kier alpha value is -2.81. The molecule has 542 valence electrons. The van der Waals surface area contributed by atoms with Gasteiger partial charge in [-0.1, -0.05) is 60.1 Å². The lowest BCUT2D eigenvalue weighted by Crippen LogP contribution is -2.69. The third-order valence-corrected chi connectivity index (χ3v) is 24.6. The lowest BCUT2D eigenvalue weighted by atomic mass is 9.33. The van der Waals surface area contributed by atoms with Gasteiger partial charge >= 0.3 is 17.9 Å². The molecule has 9 heterocycles. The van der Waals surface area contributed by atoms with Gasteiger partial charge in [0.2, 0.25) is 6.29 Å². The SMILES string of the molecule is CC1OC2OC3C(OCC(O)C3O)OC(=O)C34CCC(C)(C)CC3C3=CCC5C6(C)CC(O)C(OC7OC(CO)C(O)C(O)C7OC7OC(COC(=O)CC(C)(O)CC(=O)OC1C(OC1OC(CO)C(O)C(O)C1O)C2O)C(O)C(O)C7O)C(C)(C)C6CCC5(C)C3(C)CC4. The molecule has 14 rings (SSSR count). The van der Waals surface area contributed by atoms with Crippen LogP contribution in [-0.2, 0) is 71.2 Å². The summed E-state index contributed by atoms with van der Waals surface area (Å²) >= 11 is 0. The average molecular weight is 1360 g/mol. The predicted molar refractivity (Wildman–Crippen MR) is 317 cm³/mol. The lowest BCUT2D eigenvalue weighted by Gasteiger charge is -2.71. The van der Waals surface area contributed by atoms with Crippen molar-refractivity contribution in [2.24, 2.45) is 50.2 Å². The standard InChI is InChI=1S/C65H102O30/c1-26-48-49(91-53-45(79)42(76)39(73)31(22-66)87-53)47(81)55(86-26)92-50-38(72)30(69)24-85-56(50)95-58(82)65-16-14-59(2,3)18-28(65)27-10-11-35-62(7)19-29(68)52(60(4,5)34(62)12-13-64(35,9)63(27,8)15-17-65)94-57-51(44(78)40(74)32(23-67)88-57)93-54-46(80)43(77)41(75)33(89-54)25-84-36(70)20-61(6,83)21-37(71)90-48/h10,26,28-35,38-57,66-69,72-81,83H,11-25H2,1-9H3. The van der Waals surface area contributed by atoms with Crippen LogP contribution < -0.4 is 0 Å². The van der Waals surface area contributed by atoms with E-state index >= 15 is 4.79 Å². The van der Waals surface area contributed by atoms with E-state index in [2.05, 4.69) is 40.7 Å². The first-order valence-electron chi connectivity index (χ1n) is 33.6. The van der Waals surface area contributed by atoms with Crippen LogP contribution in [0, 0.1) is 50.2 Å². The van der Waals surface area contributed by atoms with Gasteiger partial charge in [0.1, 0.15) is 104 Å². The van der Waals surface area contributed by atoms with E-state index in [1.165, 1.54) is 6.92 Å². The van der Waals surface area contributed by atoms with E-state index in [1.54, 1.807) is 0 Å². The number of aliphatic hydroxyl groups is 15. The zero-order valence-electron chi connectivity index (χ0n) is 55.3. The van der Waals surface area contributed by atoms with E-state index in [4.69, 9.17) is 56.8 Å². The molecule has 0 aromatic carbocycles. The minimum atomic E-state index is -2.32. The minimum absolute atomic E-state index is 0.0350. The van der Waals surface area contributed by atoms with Crippen molar-refractivity contribution < 1.29 is 148 Å². The summed E-state index contributed by atoms with van der Waals surface area (Å²) in [5.41, 5.74) is -4.94. The molecule has 0 amide bonds. The second kappa shape index (κ2) is 26.9. The van der Waals surface area contributed by atoms with Crippen molar-refractivity contribution in [2.75, 3.05) is 26.4 Å². The van der Waals surface area contributed by atoms with Crippen LogP contribution in [0.2, 0.25) is 0 Å². The van der Waals surface area contributed by atoms with Crippen molar-refractivity contribution in [2.45, 2.75) is 298 Å². The van der Waals surface area contributed by atoms with Gasteiger partial charge in [0.25, 0.3) is 0 Å². The number of carbonyl (C=O) groups is 3. The molecule has 4 saturated carbocycles. The van der Waals surface area contributed by atoms with Crippen LogP contribution in [0.3, 0.4) is 0 Å². The highest BCUT2D eigenvalue weighted by molar-refractivity contribution is 5.79. The molecular weight excluding hydrogens is 1260 g/mol. The molecule has 7 saturated heterocycles. The van der Waals surface area contributed by atoms with Crippen LogP contribution in [0.4, 0.5) is 0 Å². The van der Waals surface area contributed by atoms with Crippen LogP contribution in [0.5, 0.6) is 0 Å². The Balaban J connectivity index is 0.953. The zero-order chi connectivity index (χ0) is 69.4. The molecule has 9 aliphatic heterocycles.